The third kappa shape index (κ3) is 2.89. The average molecular weight is 347 g/mol. The summed E-state index contributed by atoms with van der Waals surface area (Å²) in [4.78, 5) is 9.00. The summed E-state index contributed by atoms with van der Waals surface area (Å²) in [6.45, 7) is 0. The van der Waals surface area contributed by atoms with Crippen molar-refractivity contribution in [2.24, 2.45) is 0 Å². The van der Waals surface area contributed by atoms with E-state index in [2.05, 4.69) is 76.2 Å². The van der Waals surface area contributed by atoms with Crippen LogP contribution >= 0.6 is 0 Å². The Morgan fingerprint density at radius 3 is 1.96 bits per heavy atom. The lowest BCUT2D eigenvalue weighted by atomic mass is 10.0. The predicted molar refractivity (Wildman–Crippen MR) is 109 cm³/mol. The minimum absolute atomic E-state index is 0.932. The number of hydrogen-bond acceptors (Lipinski definition) is 2. The van der Waals surface area contributed by atoms with Gasteiger partial charge in [-0.15, -0.1) is 0 Å². The molecule has 3 aromatic heterocycles. The molecule has 0 atom stereocenters. The molecule has 0 unspecified atom stereocenters. The minimum Gasteiger partial charge on any atom is -0.299 e. The Kier molecular flexibility index (Phi) is 3.76. The van der Waals surface area contributed by atoms with Crippen LogP contribution in [0.3, 0.4) is 0 Å². The molecule has 5 aromatic rings. The second kappa shape index (κ2) is 6.54. The molecule has 0 aliphatic heterocycles. The average Bonchev–Trinajstić information content (AvgIpc) is 3.19. The molecule has 0 aliphatic carbocycles. The zero-order valence-electron chi connectivity index (χ0n) is 14.7. The van der Waals surface area contributed by atoms with E-state index in [1.807, 2.05) is 24.3 Å². The second-order valence-electron chi connectivity index (χ2n) is 6.45. The highest BCUT2D eigenvalue weighted by atomic mass is 15.0. The van der Waals surface area contributed by atoms with Gasteiger partial charge in [-0.05, 0) is 41.0 Å². The standard InChI is InChI=1S/C24H17N3/c1-3-7-18(8-4-1)21-15-23(20-9-5-2-6-10-20)27-17-22(26-24(27)16-21)19-11-13-25-14-12-19/h1-17H. The Labute approximate surface area is 157 Å². The third-order valence-corrected chi connectivity index (χ3v) is 4.72. The molecule has 3 heteroatoms. The van der Waals surface area contributed by atoms with Gasteiger partial charge in [0, 0.05) is 24.2 Å². The molecule has 0 aliphatic rings. The van der Waals surface area contributed by atoms with Gasteiger partial charge in [-0.1, -0.05) is 60.7 Å². The van der Waals surface area contributed by atoms with Gasteiger partial charge in [-0.3, -0.25) is 9.38 Å². The Balaban J connectivity index is 1.78. The number of fused-ring (bicyclic) bond motifs is 1. The molecule has 0 radical (unpaired) electrons. The lowest BCUT2D eigenvalue weighted by Gasteiger charge is -2.09. The van der Waals surface area contributed by atoms with Crippen molar-refractivity contribution < 1.29 is 0 Å². The molecule has 2 aromatic carbocycles. The molecule has 0 bridgehead atoms. The van der Waals surface area contributed by atoms with Crippen molar-refractivity contribution in [3.05, 3.63) is 104 Å². The van der Waals surface area contributed by atoms with E-state index in [9.17, 15) is 0 Å². The molecule has 5 rings (SSSR count). The van der Waals surface area contributed by atoms with Gasteiger partial charge in [0.1, 0.15) is 5.65 Å². The van der Waals surface area contributed by atoms with Crippen molar-refractivity contribution in [3.8, 4) is 33.6 Å². The van der Waals surface area contributed by atoms with E-state index < -0.39 is 0 Å². The van der Waals surface area contributed by atoms with Crippen LogP contribution in [0.25, 0.3) is 39.3 Å². The van der Waals surface area contributed by atoms with E-state index in [1.165, 1.54) is 11.1 Å². The Bertz CT molecular complexity index is 1190. The smallest absolute Gasteiger partial charge is 0.138 e. The first-order valence-electron chi connectivity index (χ1n) is 8.93. The van der Waals surface area contributed by atoms with E-state index in [-0.39, 0.29) is 0 Å². The maximum Gasteiger partial charge on any atom is 0.138 e. The maximum atomic E-state index is 4.89. The summed E-state index contributed by atoms with van der Waals surface area (Å²) in [5, 5.41) is 0. The molecule has 0 amide bonds. The molecule has 27 heavy (non-hydrogen) atoms. The largest absolute Gasteiger partial charge is 0.299 e. The monoisotopic (exact) mass is 347 g/mol. The Hall–Kier alpha value is -3.72. The molecule has 0 N–H and O–H groups in total. The molecule has 0 saturated heterocycles. The second-order valence-corrected chi connectivity index (χ2v) is 6.45. The molecular weight excluding hydrogens is 330 g/mol. The van der Waals surface area contributed by atoms with Gasteiger partial charge in [0.2, 0.25) is 0 Å². The number of pyridine rings is 2. The van der Waals surface area contributed by atoms with Crippen molar-refractivity contribution in [1.82, 2.24) is 14.4 Å². The molecular formula is C24H17N3. The number of aromatic nitrogens is 3. The molecule has 3 nitrogen and oxygen atoms in total. The summed E-state index contributed by atoms with van der Waals surface area (Å²) >= 11 is 0. The first kappa shape index (κ1) is 15.5. The molecule has 128 valence electrons. The van der Waals surface area contributed by atoms with Gasteiger partial charge in [0.05, 0.1) is 11.4 Å². The van der Waals surface area contributed by atoms with Crippen molar-refractivity contribution in [1.29, 1.82) is 0 Å². The van der Waals surface area contributed by atoms with Crippen LogP contribution in [-0.4, -0.2) is 14.4 Å². The van der Waals surface area contributed by atoms with Crippen LogP contribution in [-0.2, 0) is 0 Å². The van der Waals surface area contributed by atoms with Crippen LogP contribution in [0.1, 0.15) is 0 Å². The van der Waals surface area contributed by atoms with Gasteiger partial charge >= 0.3 is 0 Å². The van der Waals surface area contributed by atoms with Gasteiger partial charge in [0.15, 0.2) is 0 Å². The first-order chi connectivity index (χ1) is 13.4. The Morgan fingerprint density at radius 1 is 0.593 bits per heavy atom. The van der Waals surface area contributed by atoms with E-state index in [0.29, 0.717) is 0 Å². The lowest BCUT2D eigenvalue weighted by Crippen LogP contribution is -1.92. The summed E-state index contributed by atoms with van der Waals surface area (Å²) in [6, 6.07) is 29.2. The van der Waals surface area contributed by atoms with Gasteiger partial charge < -0.3 is 0 Å². The normalized spacial score (nSPS) is 11.0. The van der Waals surface area contributed by atoms with Gasteiger partial charge in [0.25, 0.3) is 0 Å². The van der Waals surface area contributed by atoms with E-state index in [4.69, 9.17) is 4.98 Å². The fourth-order valence-electron chi connectivity index (χ4n) is 3.38. The summed E-state index contributed by atoms with van der Waals surface area (Å²) in [7, 11) is 0. The highest BCUT2D eigenvalue weighted by Crippen LogP contribution is 2.30. The van der Waals surface area contributed by atoms with Crippen LogP contribution in [0.15, 0.2) is 104 Å². The predicted octanol–water partition coefficient (Wildman–Crippen LogP) is 5.73. The first-order valence-corrected chi connectivity index (χ1v) is 8.93. The number of hydrogen-bond donors (Lipinski definition) is 0. The van der Waals surface area contributed by atoms with Crippen molar-refractivity contribution in [3.63, 3.8) is 0 Å². The maximum absolute atomic E-state index is 4.89. The summed E-state index contributed by atoms with van der Waals surface area (Å²) < 4.78 is 2.16. The minimum atomic E-state index is 0.932. The fourth-order valence-corrected chi connectivity index (χ4v) is 3.38. The van der Waals surface area contributed by atoms with E-state index in [0.717, 1.165) is 28.2 Å². The zero-order chi connectivity index (χ0) is 18.1. The van der Waals surface area contributed by atoms with Crippen molar-refractivity contribution in [2.45, 2.75) is 0 Å². The molecule has 0 fully saturated rings. The summed E-state index contributed by atoms with van der Waals surface area (Å²) in [6.07, 6.45) is 5.70. The quantitative estimate of drug-likeness (QED) is 0.417. The highest BCUT2D eigenvalue weighted by molar-refractivity contribution is 5.77. The molecule has 0 spiro atoms. The zero-order valence-corrected chi connectivity index (χ0v) is 14.7. The van der Waals surface area contributed by atoms with Gasteiger partial charge in [-0.25, -0.2) is 4.98 Å². The van der Waals surface area contributed by atoms with Crippen LogP contribution in [0.2, 0.25) is 0 Å². The number of nitrogens with zero attached hydrogens (tertiary/aromatic N) is 3. The molecule has 0 saturated carbocycles. The third-order valence-electron chi connectivity index (χ3n) is 4.72. The number of rotatable bonds is 3. The van der Waals surface area contributed by atoms with Crippen LogP contribution in [0.5, 0.6) is 0 Å². The topological polar surface area (TPSA) is 30.2 Å². The van der Waals surface area contributed by atoms with Crippen LogP contribution in [0.4, 0.5) is 0 Å². The lowest BCUT2D eigenvalue weighted by molar-refractivity contribution is 1.19. The molecule has 3 heterocycles. The van der Waals surface area contributed by atoms with Crippen molar-refractivity contribution in [2.75, 3.05) is 0 Å². The summed E-state index contributed by atoms with van der Waals surface area (Å²) in [5.74, 6) is 0. The van der Waals surface area contributed by atoms with Gasteiger partial charge in [-0.2, -0.15) is 0 Å². The highest BCUT2D eigenvalue weighted by Gasteiger charge is 2.11. The Morgan fingerprint density at radius 2 is 1.26 bits per heavy atom. The summed E-state index contributed by atoms with van der Waals surface area (Å²) in [5.41, 5.74) is 7.58. The number of imidazole rings is 1. The van der Waals surface area contributed by atoms with Crippen LogP contribution in [0, 0.1) is 0 Å². The van der Waals surface area contributed by atoms with Crippen LogP contribution < -0.4 is 0 Å². The van der Waals surface area contributed by atoms with E-state index >= 15 is 0 Å². The van der Waals surface area contributed by atoms with E-state index in [1.54, 1.807) is 12.4 Å². The SMILES string of the molecule is c1ccc(-c2cc(-c3ccccc3)n3cc(-c4ccncc4)nc3c2)cc1. The van der Waals surface area contributed by atoms with Crippen molar-refractivity contribution >= 4 is 5.65 Å². The fraction of sp³-hybridized carbons (Fsp3) is 0. The number of benzene rings is 2.